The summed E-state index contributed by atoms with van der Waals surface area (Å²) < 4.78 is 1.95. The Morgan fingerprint density at radius 1 is 1.13 bits per heavy atom. The van der Waals surface area contributed by atoms with Crippen molar-refractivity contribution in [2.24, 2.45) is 0 Å². The summed E-state index contributed by atoms with van der Waals surface area (Å²) >= 11 is 21.1. The second kappa shape index (κ2) is 11.3. The predicted octanol–water partition coefficient (Wildman–Crippen LogP) is 6.76. The van der Waals surface area contributed by atoms with Crippen molar-refractivity contribution < 1.29 is 4.79 Å². The number of benzene rings is 2. The number of anilines is 1. The number of halogens is 3. The van der Waals surface area contributed by atoms with Crippen molar-refractivity contribution >= 4 is 69.9 Å². The largest absolute Gasteiger partial charge is 0.323 e. The van der Waals surface area contributed by atoms with Crippen LogP contribution in [0.4, 0.5) is 5.69 Å². The lowest BCUT2D eigenvalue weighted by Crippen LogP contribution is -2.15. The van der Waals surface area contributed by atoms with Crippen molar-refractivity contribution in [3.05, 3.63) is 75.5 Å². The van der Waals surface area contributed by atoms with Crippen LogP contribution in [0.2, 0.25) is 15.1 Å². The van der Waals surface area contributed by atoms with Crippen LogP contribution in [0.3, 0.4) is 0 Å². The monoisotopic (exact) mass is 512 g/mol. The van der Waals surface area contributed by atoms with Crippen LogP contribution >= 0.6 is 58.3 Å². The molecule has 5 nitrogen and oxygen atoms in total. The number of nitrogens with zero attached hydrogens (tertiary/aromatic N) is 3. The molecule has 0 unspecified atom stereocenters. The highest BCUT2D eigenvalue weighted by molar-refractivity contribution is 7.99. The molecule has 1 N–H and O–H groups in total. The first-order valence-electron chi connectivity index (χ1n) is 9.17. The number of amides is 1. The average Bonchev–Trinajstić information content (AvgIpc) is 3.10. The molecule has 0 atom stereocenters. The number of allylic oxidation sites excluding steroid dienone is 1. The van der Waals surface area contributed by atoms with Crippen molar-refractivity contribution in [3.8, 4) is 0 Å². The van der Waals surface area contributed by atoms with E-state index >= 15 is 0 Å². The Kier molecular flexibility index (Phi) is 8.75. The molecule has 31 heavy (non-hydrogen) atoms. The van der Waals surface area contributed by atoms with Crippen molar-refractivity contribution in [3.63, 3.8) is 0 Å². The van der Waals surface area contributed by atoms with E-state index < -0.39 is 0 Å². The molecule has 2 aromatic carbocycles. The quantitative estimate of drug-likeness (QED) is 0.253. The molecule has 0 aliphatic heterocycles. The van der Waals surface area contributed by atoms with Gasteiger partial charge in [0.25, 0.3) is 0 Å². The van der Waals surface area contributed by atoms with Crippen LogP contribution in [0.15, 0.2) is 59.1 Å². The Balaban J connectivity index is 1.64. The maximum atomic E-state index is 12.4. The molecular formula is C21H19Cl3N4OS2. The first-order chi connectivity index (χ1) is 14.9. The summed E-state index contributed by atoms with van der Waals surface area (Å²) in [5.41, 5.74) is 1.55. The molecule has 0 aliphatic rings. The zero-order valence-electron chi connectivity index (χ0n) is 16.6. The van der Waals surface area contributed by atoms with Crippen LogP contribution in [0, 0.1) is 6.92 Å². The highest BCUT2D eigenvalue weighted by Gasteiger charge is 2.16. The molecule has 0 aliphatic carbocycles. The summed E-state index contributed by atoms with van der Waals surface area (Å²) in [6.45, 7) is 6.42. The molecule has 1 aromatic heterocycles. The van der Waals surface area contributed by atoms with Gasteiger partial charge in [0.15, 0.2) is 5.16 Å². The number of carbonyl (C=O) groups excluding carboxylic acids is 1. The lowest BCUT2D eigenvalue weighted by Gasteiger charge is -2.10. The second-order valence-corrected chi connectivity index (χ2v) is 9.72. The van der Waals surface area contributed by atoms with Gasteiger partial charge >= 0.3 is 0 Å². The zero-order valence-corrected chi connectivity index (χ0v) is 20.5. The predicted molar refractivity (Wildman–Crippen MR) is 132 cm³/mol. The summed E-state index contributed by atoms with van der Waals surface area (Å²) in [6, 6.07) is 11.4. The molecule has 3 aromatic rings. The molecule has 1 heterocycles. The van der Waals surface area contributed by atoms with Gasteiger partial charge in [0.1, 0.15) is 5.82 Å². The van der Waals surface area contributed by atoms with E-state index in [0.29, 0.717) is 28.2 Å². The van der Waals surface area contributed by atoms with Crippen molar-refractivity contribution in [1.29, 1.82) is 0 Å². The Morgan fingerprint density at radius 2 is 1.81 bits per heavy atom. The summed E-state index contributed by atoms with van der Waals surface area (Å²) in [5.74, 6) is 1.33. The molecule has 0 saturated heterocycles. The van der Waals surface area contributed by atoms with E-state index in [0.717, 1.165) is 10.7 Å². The number of thioether (sulfide) groups is 2. The van der Waals surface area contributed by atoms with Gasteiger partial charge in [-0.3, -0.25) is 4.79 Å². The molecule has 162 valence electrons. The highest BCUT2D eigenvalue weighted by Crippen LogP contribution is 2.34. The second-order valence-electron chi connectivity index (χ2n) is 6.48. The molecule has 1 amide bonds. The van der Waals surface area contributed by atoms with E-state index in [-0.39, 0.29) is 21.7 Å². The Bertz CT molecular complexity index is 1060. The van der Waals surface area contributed by atoms with Gasteiger partial charge in [-0.05, 0) is 31.2 Å². The Morgan fingerprint density at radius 3 is 2.45 bits per heavy atom. The smallest absolute Gasteiger partial charge is 0.234 e. The van der Waals surface area contributed by atoms with Gasteiger partial charge in [-0.15, -0.1) is 28.5 Å². The van der Waals surface area contributed by atoms with E-state index in [2.05, 4.69) is 53.3 Å². The lowest BCUT2D eigenvalue weighted by atomic mass is 10.2. The lowest BCUT2D eigenvalue weighted by molar-refractivity contribution is -0.113. The minimum absolute atomic E-state index is 0.121. The fraction of sp³-hybridized carbons (Fsp3) is 0.190. The number of rotatable bonds is 9. The summed E-state index contributed by atoms with van der Waals surface area (Å²) in [5, 5.41) is 12.9. The van der Waals surface area contributed by atoms with Gasteiger partial charge in [-0.2, -0.15) is 0 Å². The van der Waals surface area contributed by atoms with Crippen molar-refractivity contribution in [2.75, 3.05) is 11.1 Å². The number of carbonyl (C=O) groups is 1. The van der Waals surface area contributed by atoms with Crippen LogP contribution in [-0.4, -0.2) is 26.4 Å². The average molecular weight is 514 g/mol. The third-order valence-electron chi connectivity index (χ3n) is 4.10. The fourth-order valence-electron chi connectivity index (χ4n) is 2.59. The number of hydrogen-bond donors (Lipinski definition) is 1. The van der Waals surface area contributed by atoms with Crippen LogP contribution in [0.25, 0.3) is 0 Å². The molecular weight excluding hydrogens is 495 g/mol. The van der Waals surface area contributed by atoms with Gasteiger partial charge in [0, 0.05) is 16.5 Å². The maximum absolute atomic E-state index is 12.4. The summed E-state index contributed by atoms with van der Waals surface area (Å²) in [6.07, 6.45) is 1.78. The van der Waals surface area contributed by atoms with Crippen LogP contribution in [0.1, 0.15) is 11.4 Å². The molecule has 3 rings (SSSR count). The zero-order chi connectivity index (χ0) is 22.4. The standard InChI is InChI=1S/C21H19Cl3N4OS2/c1-3-8-28-18(11-30-15-6-4-13(2)5-7-15)26-27-21(28)31-12-19(29)25-20-16(23)9-14(22)10-17(20)24/h3-7,9-10H,1,8,11-12H2,2H3,(H,25,29). The minimum atomic E-state index is -0.264. The van der Waals surface area contributed by atoms with Gasteiger partial charge in [-0.1, -0.05) is 70.3 Å². The first kappa shape index (κ1) is 24.0. The fourth-order valence-corrected chi connectivity index (χ4v) is 5.11. The van der Waals surface area contributed by atoms with E-state index in [1.807, 2.05) is 4.57 Å². The van der Waals surface area contributed by atoms with Gasteiger partial charge in [0.2, 0.25) is 5.91 Å². The van der Waals surface area contributed by atoms with Gasteiger partial charge in [0.05, 0.1) is 27.2 Å². The van der Waals surface area contributed by atoms with E-state index in [1.165, 1.54) is 29.5 Å². The van der Waals surface area contributed by atoms with Crippen LogP contribution < -0.4 is 5.32 Å². The highest BCUT2D eigenvalue weighted by atomic mass is 35.5. The molecule has 10 heteroatoms. The number of hydrogen-bond acceptors (Lipinski definition) is 5. The van der Waals surface area contributed by atoms with E-state index in [9.17, 15) is 4.79 Å². The van der Waals surface area contributed by atoms with Crippen LogP contribution in [-0.2, 0) is 17.1 Å². The SMILES string of the molecule is C=CCn1c(CSc2ccc(C)cc2)nnc1SCC(=O)Nc1c(Cl)cc(Cl)cc1Cl. The third kappa shape index (κ3) is 6.67. The van der Waals surface area contributed by atoms with Crippen molar-refractivity contribution in [1.82, 2.24) is 14.8 Å². The number of nitrogens with one attached hydrogen (secondary N) is 1. The van der Waals surface area contributed by atoms with Crippen molar-refractivity contribution in [2.45, 2.75) is 29.3 Å². The molecule has 0 saturated carbocycles. The molecule has 0 radical (unpaired) electrons. The van der Waals surface area contributed by atoms with E-state index in [4.69, 9.17) is 34.8 Å². The maximum Gasteiger partial charge on any atom is 0.234 e. The topological polar surface area (TPSA) is 59.8 Å². The number of aromatic nitrogens is 3. The number of aryl methyl sites for hydroxylation is 1. The third-order valence-corrected chi connectivity index (χ3v) is 6.89. The van der Waals surface area contributed by atoms with Crippen LogP contribution in [0.5, 0.6) is 0 Å². The minimum Gasteiger partial charge on any atom is -0.323 e. The van der Waals surface area contributed by atoms with E-state index in [1.54, 1.807) is 17.8 Å². The summed E-state index contributed by atoms with van der Waals surface area (Å²) in [7, 11) is 0. The molecule has 0 fully saturated rings. The molecule has 0 bridgehead atoms. The first-order valence-corrected chi connectivity index (χ1v) is 12.3. The summed E-state index contributed by atoms with van der Waals surface area (Å²) in [4.78, 5) is 13.6. The Labute approximate surface area is 204 Å². The normalized spacial score (nSPS) is 10.8. The Hall–Kier alpha value is -1.64. The van der Waals surface area contributed by atoms with Gasteiger partial charge in [-0.25, -0.2) is 0 Å². The van der Waals surface area contributed by atoms with Gasteiger partial charge < -0.3 is 9.88 Å². The molecule has 0 spiro atoms.